The maximum absolute atomic E-state index is 12.0. The van der Waals surface area contributed by atoms with E-state index in [9.17, 15) is 15.0 Å². The molecule has 5 nitrogen and oxygen atoms in total. The average Bonchev–Trinajstić information content (AvgIpc) is 2.07. The smallest absolute Gasteiger partial charge is 0.410 e. The van der Waals surface area contributed by atoms with Gasteiger partial charge in [-0.1, -0.05) is 0 Å². The third kappa shape index (κ3) is 3.57. The van der Waals surface area contributed by atoms with Gasteiger partial charge in [0, 0.05) is 5.54 Å². The molecule has 0 spiro atoms. The van der Waals surface area contributed by atoms with Crippen molar-refractivity contribution < 1.29 is 19.7 Å². The number of likely N-dealkylation sites (tertiary alicyclic amines) is 1. The van der Waals surface area contributed by atoms with E-state index >= 15 is 0 Å². The first-order valence-electron chi connectivity index (χ1n) is 5.90. The Morgan fingerprint density at radius 1 is 1.29 bits per heavy atom. The summed E-state index contributed by atoms with van der Waals surface area (Å²) in [4.78, 5) is 13.5. The predicted molar refractivity (Wildman–Crippen MR) is 63.6 cm³/mol. The molecule has 0 aromatic heterocycles. The van der Waals surface area contributed by atoms with Gasteiger partial charge in [-0.25, -0.2) is 4.79 Å². The molecule has 100 valence electrons. The molecule has 0 aromatic rings. The third-order valence-corrected chi connectivity index (χ3v) is 2.87. The van der Waals surface area contributed by atoms with Gasteiger partial charge in [0.2, 0.25) is 0 Å². The zero-order chi connectivity index (χ0) is 13.4. The van der Waals surface area contributed by atoms with Crippen molar-refractivity contribution >= 4 is 6.09 Å². The van der Waals surface area contributed by atoms with Crippen LogP contribution in [0, 0.1) is 0 Å². The van der Waals surface area contributed by atoms with Gasteiger partial charge >= 0.3 is 6.09 Å². The minimum Gasteiger partial charge on any atom is -0.444 e. The standard InChI is InChI=1S/C12H23NO4/c1-11(2,3)17-10(16)13-7-9(15)8(14)6-12(13,4)5/h8-9,14-15H,6-7H2,1-5H3/t8-,9+/m0/s1. The van der Waals surface area contributed by atoms with Crippen molar-refractivity contribution in [1.29, 1.82) is 0 Å². The summed E-state index contributed by atoms with van der Waals surface area (Å²) >= 11 is 0. The van der Waals surface area contributed by atoms with Crippen LogP contribution in [0.5, 0.6) is 0 Å². The van der Waals surface area contributed by atoms with E-state index in [0.29, 0.717) is 6.42 Å². The molecule has 0 aliphatic carbocycles. The quantitative estimate of drug-likeness (QED) is 0.671. The molecule has 17 heavy (non-hydrogen) atoms. The molecule has 1 aliphatic heterocycles. The van der Waals surface area contributed by atoms with Gasteiger partial charge in [-0.15, -0.1) is 0 Å². The van der Waals surface area contributed by atoms with Gasteiger partial charge < -0.3 is 19.8 Å². The van der Waals surface area contributed by atoms with Gasteiger partial charge in [0.1, 0.15) is 5.60 Å². The van der Waals surface area contributed by atoms with Crippen LogP contribution in [-0.2, 0) is 4.74 Å². The fraction of sp³-hybridized carbons (Fsp3) is 0.917. The summed E-state index contributed by atoms with van der Waals surface area (Å²) in [5.74, 6) is 0. The molecule has 5 heteroatoms. The average molecular weight is 245 g/mol. The van der Waals surface area contributed by atoms with E-state index in [1.165, 1.54) is 4.90 Å². The van der Waals surface area contributed by atoms with Crippen molar-refractivity contribution in [3.63, 3.8) is 0 Å². The van der Waals surface area contributed by atoms with Crippen LogP contribution in [0.4, 0.5) is 4.79 Å². The molecular weight excluding hydrogens is 222 g/mol. The molecule has 1 aliphatic rings. The highest BCUT2D eigenvalue weighted by atomic mass is 16.6. The molecule has 1 heterocycles. The van der Waals surface area contributed by atoms with Crippen LogP contribution in [0.15, 0.2) is 0 Å². The monoisotopic (exact) mass is 245 g/mol. The largest absolute Gasteiger partial charge is 0.444 e. The highest BCUT2D eigenvalue weighted by Gasteiger charge is 2.42. The zero-order valence-electron chi connectivity index (χ0n) is 11.2. The summed E-state index contributed by atoms with van der Waals surface area (Å²) in [7, 11) is 0. The summed E-state index contributed by atoms with van der Waals surface area (Å²) in [5.41, 5.74) is -1.07. The Hall–Kier alpha value is -0.810. The van der Waals surface area contributed by atoms with Gasteiger partial charge in [0.05, 0.1) is 18.8 Å². The van der Waals surface area contributed by atoms with Gasteiger partial charge in [-0.05, 0) is 41.0 Å². The van der Waals surface area contributed by atoms with E-state index in [4.69, 9.17) is 4.74 Å². The molecule has 2 atom stereocenters. The highest BCUT2D eigenvalue weighted by molar-refractivity contribution is 5.69. The summed E-state index contributed by atoms with van der Waals surface area (Å²) < 4.78 is 5.29. The number of ether oxygens (including phenoxy) is 1. The molecule has 0 radical (unpaired) electrons. The molecule has 2 N–H and O–H groups in total. The Morgan fingerprint density at radius 3 is 2.29 bits per heavy atom. The molecule has 0 saturated carbocycles. The number of nitrogens with zero attached hydrogens (tertiary/aromatic N) is 1. The molecule has 0 bridgehead atoms. The molecule has 1 amide bonds. The number of hydrogen-bond donors (Lipinski definition) is 2. The number of hydrogen-bond acceptors (Lipinski definition) is 4. The SMILES string of the molecule is CC(C)(C)OC(=O)N1C[C@@H](O)[C@@H](O)CC1(C)C. The molecule has 0 aromatic carbocycles. The summed E-state index contributed by atoms with van der Waals surface area (Å²) in [6, 6.07) is 0. The van der Waals surface area contributed by atoms with Crippen molar-refractivity contribution in [2.45, 2.75) is 64.4 Å². The summed E-state index contributed by atoms with van der Waals surface area (Å²) in [5, 5.41) is 19.2. The van der Waals surface area contributed by atoms with Crippen LogP contribution in [-0.4, -0.2) is 51.1 Å². The Morgan fingerprint density at radius 2 is 1.82 bits per heavy atom. The lowest BCUT2D eigenvalue weighted by molar-refractivity contribution is -0.0885. The summed E-state index contributed by atoms with van der Waals surface area (Å²) in [6.45, 7) is 9.20. The first kappa shape index (κ1) is 14.3. The van der Waals surface area contributed by atoms with Gasteiger partial charge in [-0.3, -0.25) is 0 Å². The number of β-amino-alcohol motifs (C(OH)–C–C–N with tert-alkyl or cyclic N) is 1. The van der Waals surface area contributed by atoms with E-state index in [-0.39, 0.29) is 6.54 Å². The number of aliphatic hydroxyl groups is 2. The number of piperidine rings is 1. The number of carbonyl (C=O) groups is 1. The normalized spacial score (nSPS) is 29.0. The first-order valence-corrected chi connectivity index (χ1v) is 5.90. The molecular formula is C12H23NO4. The second-order valence-corrected chi connectivity index (χ2v) is 6.24. The lowest BCUT2D eigenvalue weighted by atomic mass is 9.87. The van der Waals surface area contributed by atoms with Crippen LogP contribution >= 0.6 is 0 Å². The van der Waals surface area contributed by atoms with Crippen LogP contribution in [0.1, 0.15) is 41.0 Å². The van der Waals surface area contributed by atoms with Gasteiger partial charge in [-0.2, -0.15) is 0 Å². The van der Waals surface area contributed by atoms with E-state index in [0.717, 1.165) is 0 Å². The fourth-order valence-corrected chi connectivity index (χ4v) is 1.95. The van der Waals surface area contributed by atoms with Crippen molar-refractivity contribution in [3.8, 4) is 0 Å². The Kier molecular flexibility index (Phi) is 3.74. The van der Waals surface area contributed by atoms with E-state index < -0.39 is 29.4 Å². The first-order chi connectivity index (χ1) is 7.53. The Balaban J connectivity index is 2.78. The fourth-order valence-electron chi connectivity index (χ4n) is 1.95. The topological polar surface area (TPSA) is 70.0 Å². The van der Waals surface area contributed by atoms with Crippen molar-refractivity contribution in [3.05, 3.63) is 0 Å². The van der Waals surface area contributed by atoms with Crippen LogP contribution < -0.4 is 0 Å². The van der Waals surface area contributed by atoms with E-state index in [1.54, 1.807) is 20.8 Å². The molecule has 1 rings (SSSR count). The third-order valence-electron chi connectivity index (χ3n) is 2.87. The van der Waals surface area contributed by atoms with Crippen LogP contribution in [0.2, 0.25) is 0 Å². The number of carbonyl (C=O) groups excluding carboxylic acids is 1. The number of aliphatic hydroxyl groups excluding tert-OH is 2. The second kappa shape index (κ2) is 4.46. The lowest BCUT2D eigenvalue weighted by Gasteiger charge is -2.46. The second-order valence-electron chi connectivity index (χ2n) is 6.24. The van der Waals surface area contributed by atoms with E-state index in [1.807, 2.05) is 13.8 Å². The van der Waals surface area contributed by atoms with Crippen molar-refractivity contribution in [2.75, 3.05) is 6.54 Å². The van der Waals surface area contributed by atoms with Crippen LogP contribution in [0.25, 0.3) is 0 Å². The maximum Gasteiger partial charge on any atom is 0.410 e. The van der Waals surface area contributed by atoms with Crippen molar-refractivity contribution in [1.82, 2.24) is 4.90 Å². The molecule has 1 fully saturated rings. The Labute approximate surface area is 102 Å². The molecule has 1 saturated heterocycles. The number of rotatable bonds is 0. The lowest BCUT2D eigenvalue weighted by Crippen LogP contribution is -2.60. The number of amides is 1. The highest BCUT2D eigenvalue weighted by Crippen LogP contribution is 2.29. The van der Waals surface area contributed by atoms with Crippen molar-refractivity contribution in [2.24, 2.45) is 0 Å². The molecule has 0 unspecified atom stereocenters. The summed E-state index contributed by atoms with van der Waals surface area (Å²) in [6.07, 6.45) is -1.80. The van der Waals surface area contributed by atoms with Crippen LogP contribution in [0.3, 0.4) is 0 Å². The van der Waals surface area contributed by atoms with Gasteiger partial charge in [0.15, 0.2) is 0 Å². The van der Waals surface area contributed by atoms with Gasteiger partial charge in [0.25, 0.3) is 0 Å². The minimum atomic E-state index is -0.907. The zero-order valence-corrected chi connectivity index (χ0v) is 11.2. The predicted octanol–water partition coefficient (Wildman–Crippen LogP) is 1.13. The minimum absolute atomic E-state index is 0.100. The Bertz CT molecular complexity index is 295. The van der Waals surface area contributed by atoms with E-state index in [2.05, 4.69) is 0 Å². The maximum atomic E-state index is 12.0.